The molecule has 210 valence electrons. The minimum absolute atomic E-state index is 0.205. The standard InChI is InChI=1S/C33H33N3O4S/c1-4-40-32(38)28-21(2)34-33-36(30(28)29-25-11-7-6-10-23(25)14-17-26(29)39-3)31(37)27(41-33)20-22-12-15-24(16-13-22)35-18-8-5-9-19-35/h6-7,10-17,20,30H,4-5,8-9,18-19H2,1-3H3/b27-20+/t30-/m1/s1. The van der Waals surface area contributed by atoms with Crippen molar-refractivity contribution in [1.29, 1.82) is 0 Å². The van der Waals surface area contributed by atoms with Crippen LogP contribution in [0.3, 0.4) is 0 Å². The van der Waals surface area contributed by atoms with Gasteiger partial charge in [0.05, 0.1) is 29.5 Å². The Morgan fingerprint density at radius 2 is 1.80 bits per heavy atom. The van der Waals surface area contributed by atoms with Crippen molar-refractivity contribution in [2.24, 2.45) is 4.99 Å². The Hall–Kier alpha value is -4.17. The highest BCUT2D eigenvalue weighted by molar-refractivity contribution is 7.07. The van der Waals surface area contributed by atoms with Crippen molar-refractivity contribution >= 4 is 39.8 Å². The van der Waals surface area contributed by atoms with Gasteiger partial charge in [0.2, 0.25) is 0 Å². The number of methoxy groups -OCH3 is 1. The van der Waals surface area contributed by atoms with Gasteiger partial charge in [-0.15, -0.1) is 0 Å². The summed E-state index contributed by atoms with van der Waals surface area (Å²) < 4.78 is 13.5. The zero-order valence-electron chi connectivity index (χ0n) is 23.6. The number of nitrogens with zero attached hydrogens (tertiary/aromatic N) is 3. The van der Waals surface area contributed by atoms with E-state index in [4.69, 9.17) is 14.5 Å². The summed E-state index contributed by atoms with van der Waals surface area (Å²) in [7, 11) is 1.60. The molecule has 0 bridgehead atoms. The van der Waals surface area contributed by atoms with Gasteiger partial charge in [-0.05, 0) is 73.7 Å². The summed E-state index contributed by atoms with van der Waals surface area (Å²) in [4.78, 5) is 35.2. The molecule has 2 aliphatic rings. The monoisotopic (exact) mass is 567 g/mol. The van der Waals surface area contributed by atoms with E-state index in [0.717, 1.165) is 35.0 Å². The molecule has 0 N–H and O–H groups in total. The van der Waals surface area contributed by atoms with Crippen LogP contribution in [0.2, 0.25) is 0 Å². The molecule has 8 heteroatoms. The third kappa shape index (κ3) is 4.97. The first-order valence-corrected chi connectivity index (χ1v) is 14.9. The smallest absolute Gasteiger partial charge is 0.338 e. The number of hydrogen-bond donors (Lipinski definition) is 0. The van der Waals surface area contributed by atoms with Gasteiger partial charge in [0.25, 0.3) is 5.56 Å². The van der Waals surface area contributed by atoms with E-state index in [1.807, 2.05) is 42.5 Å². The van der Waals surface area contributed by atoms with Crippen LogP contribution in [0, 0.1) is 0 Å². The lowest BCUT2D eigenvalue weighted by Gasteiger charge is -2.28. The van der Waals surface area contributed by atoms with Gasteiger partial charge in [0.15, 0.2) is 4.80 Å². The summed E-state index contributed by atoms with van der Waals surface area (Å²) in [5, 5.41) is 1.88. The second-order valence-electron chi connectivity index (χ2n) is 10.3. The summed E-state index contributed by atoms with van der Waals surface area (Å²) in [5.74, 6) is 0.101. The van der Waals surface area contributed by atoms with Crippen molar-refractivity contribution < 1.29 is 14.3 Å². The molecule has 0 amide bonds. The van der Waals surface area contributed by atoms with E-state index >= 15 is 0 Å². The first-order chi connectivity index (χ1) is 20.0. The molecule has 0 unspecified atom stereocenters. The van der Waals surface area contributed by atoms with Crippen molar-refractivity contribution in [2.45, 2.75) is 39.2 Å². The van der Waals surface area contributed by atoms with E-state index < -0.39 is 12.0 Å². The number of fused-ring (bicyclic) bond motifs is 2. The summed E-state index contributed by atoms with van der Waals surface area (Å²) in [6.07, 6.45) is 5.64. The predicted molar refractivity (Wildman–Crippen MR) is 163 cm³/mol. The Morgan fingerprint density at radius 3 is 2.54 bits per heavy atom. The van der Waals surface area contributed by atoms with Crippen molar-refractivity contribution in [3.05, 3.63) is 103 Å². The molecule has 1 fully saturated rings. The lowest BCUT2D eigenvalue weighted by molar-refractivity contribution is -0.139. The Kier molecular flexibility index (Phi) is 7.49. The summed E-state index contributed by atoms with van der Waals surface area (Å²) in [5.41, 5.74) is 3.55. The van der Waals surface area contributed by atoms with Crippen molar-refractivity contribution in [2.75, 3.05) is 31.7 Å². The molecule has 3 aromatic carbocycles. The minimum atomic E-state index is -0.755. The molecule has 6 rings (SSSR count). The average Bonchev–Trinajstić information content (AvgIpc) is 3.30. The van der Waals surface area contributed by atoms with Crippen LogP contribution in [0.1, 0.15) is 50.3 Å². The first kappa shape index (κ1) is 27.0. The third-order valence-electron chi connectivity index (χ3n) is 7.85. The fourth-order valence-electron chi connectivity index (χ4n) is 5.89. The maximum Gasteiger partial charge on any atom is 0.338 e. The van der Waals surface area contributed by atoms with Crippen LogP contribution in [-0.2, 0) is 9.53 Å². The fourth-order valence-corrected chi connectivity index (χ4v) is 6.93. The maximum absolute atomic E-state index is 14.1. The van der Waals surface area contributed by atoms with Gasteiger partial charge in [-0.3, -0.25) is 9.36 Å². The topological polar surface area (TPSA) is 73.1 Å². The van der Waals surface area contributed by atoms with E-state index in [9.17, 15) is 9.59 Å². The number of carbonyl (C=O) groups excluding carboxylic acids is 1. The number of rotatable bonds is 6. The van der Waals surface area contributed by atoms with Gasteiger partial charge in [-0.25, -0.2) is 9.79 Å². The highest BCUT2D eigenvalue weighted by atomic mass is 32.1. The SMILES string of the molecule is CCOC(=O)C1=C(C)N=c2s/c(=C/c3ccc(N4CCCCC4)cc3)c(=O)n2[C@H]1c1c(OC)ccc2ccccc12. The Labute approximate surface area is 242 Å². The summed E-state index contributed by atoms with van der Waals surface area (Å²) in [6.45, 7) is 5.95. The van der Waals surface area contributed by atoms with Gasteiger partial charge >= 0.3 is 5.97 Å². The molecule has 0 saturated carbocycles. The van der Waals surface area contributed by atoms with Gasteiger partial charge in [-0.2, -0.15) is 0 Å². The summed E-state index contributed by atoms with van der Waals surface area (Å²) in [6, 6.07) is 19.4. The number of aromatic nitrogens is 1. The maximum atomic E-state index is 14.1. The first-order valence-electron chi connectivity index (χ1n) is 14.1. The molecule has 1 aromatic heterocycles. The number of piperidine rings is 1. The lowest BCUT2D eigenvalue weighted by atomic mass is 9.90. The van der Waals surface area contributed by atoms with Crippen LogP contribution in [0.4, 0.5) is 5.69 Å². The van der Waals surface area contributed by atoms with Crippen LogP contribution in [-0.4, -0.2) is 37.3 Å². The zero-order chi connectivity index (χ0) is 28.5. The van der Waals surface area contributed by atoms with Crippen molar-refractivity contribution in [3.8, 4) is 5.75 Å². The van der Waals surface area contributed by atoms with Gasteiger partial charge in [0, 0.05) is 24.3 Å². The molecule has 0 spiro atoms. The molecule has 4 aromatic rings. The summed E-state index contributed by atoms with van der Waals surface area (Å²) >= 11 is 1.33. The number of anilines is 1. The second-order valence-corrected chi connectivity index (χ2v) is 11.4. The molecule has 2 aliphatic heterocycles. The van der Waals surface area contributed by atoms with Crippen molar-refractivity contribution in [3.63, 3.8) is 0 Å². The van der Waals surface area contributed by atoms with Crippen LogP contribution in [0.25, 0.3) is 16.8 Å². The molecule has 7 nitrogen and oxygen atoms in total. The lowest BCUT2D eigenvalue weighted by Crippen LogP contribution is -2.40. The number of benzene rings is 3. The van der Waals surface area contributed by atoms with E-state index in [1.165, 1.54) is 36.3 Å². The highest BCUT2D eigenvalue weighted by Gasteiger charge is 2.36. The highest BCUT2D eigenvalue weighted by Crippen LogP contribution is 2.40. The molecule has 0 radical (unpaired) electrons. The molecule has 3 heterocycles. The van der Waals surface area contributed by atoms with E-state index in [-0.39, 0.29) is 12.2 Å². The normalized spacial score (nSPS) is 17.4. The van der Waals surface area contributed by atoms with Crippen LogP contribution in [0.15, 0.2) is 81.7 Å². The number of allylic oxidation sites excluding steroid dienone is 1. The minimum Gasteiger partial charge on any atom is -0.496 e. The Bertz CT molecular complexity index is 1830. The molecule has 0 aliphatic carbocycles. The van der Waals surface area contributed by atoms with E-state index in [1.54, 1.807) is 25.5 Å². The number of hydrogen-bond acceptors (Lipinski definition) is 7. The Morgan fingerprint density at radius 1 is 1.05 bits per heavy atom. The van der Waals surface area contributed by atoms with Crippen molar-refractivity contribution in [1.82, 2.24) is 4.57 Å². The van der Waals surface area contributed by atoms with Gasteiger partial charge in [-0.1, -0.05) is 53.8 Å². The van der Waals surface area contributed by atoms with E-state index in [2.05, 4.69) is 29.2 Å². The number of carbonyl (C=O) groups is 1. The molecular weight excluding hydrogens is 534 g/mol. The van der Waals surface area contributed by atoms with Crippen LogP contribution >= 0.6 is 11.3 Å². The van der Waals surface area contributed by atoms with Gasteiger partial charge in [0.1, 0.15) is 11.8 Å². The average molecular weight is 568 g/mol. The Balaban J connectivity index is 1.53. The molecule has 1 atom stereocenters. The second kappa shape index (κ2) is 11.4. The predicted octanol–water partition coefficient (Wildman–Crippen LogP) is 4.95. The molecule has 1 saturated heterocycles. The number of thiazole rings is 1. The quantitative estimate of drug-likeness (QED) is 0.308. The van der Waals surface area contributed by atoms with Crippen LogP contribution in [0.5, 0.6) is 5.75 Å². The van der Waals surface area contributed by atoms with E-state index in [0.29, 0.717) is 26.4 Å². The molecule has 41 heavy (non-hydrogen) atoms. The molecular formula is C33H33N3O4S. The zero-order valence-corrected chi connectivity index (χ0v) is 24.4. The number of esters is 1. The number of ether oxygens (including phenoxy) is 2. The third-order valence-corrected chi connectivity index (χ3v) is 8.84. The van der Waals surface area contributed by atoms with Crippen LogP contribution < -0.4 is 24.5 Å². The van der Waals surface area contributed by atoms with Gasteiger partial charge < -0.3 is 14.4 Å². The fraction of sp³-hybridized carbons (Fsp3) is 0.303. The largest absolute Gasteiger partial charge is 0.496 e.